The van der Waals surface area contributed by atoms with Crippen LogP contribution in [0.1, 0.15) is 71.8 Å². The number of hydrogen-bond donors (Lipinski definition) is 0. The molecular formula is C24H29BNO3S. The lowest BCUT2D eigenvalue weighted by Crippen LogP contribution is -2.41. The first-order valence-corrected chi connectivity index (χ1v) is 11.8. The normalized spacial score (nSPS) is 22.2. The number of rotatable bonds is 2. The summed E-state index contributed by atoms with van der Waals surface area (Å²) in [7, 11) is -0.480. The molecule has 0 spiro atoms. The smallest absolute Gasteiger partial charge is 0.399 e. The van der Waals surface area contributed by atoms with Crippen molar-refractivity contribution in [1.82, 2.24) is 0 Å². The fraction of sp³-hybridized carbons (Fsp3) is 0.500. The van der Waals surface area contributed by atoms with Crippen LogP contribution >= 0.6 is 11.3 Å². The lowest BCUT2D eigenvalue weighted by Gasteiger charge is -2.32. The highest BCUT2D eigenvalue weighted by Crippen LogP contribution is 2.40. The molecule has 30 heavy (non-hydrogen) atoms. The molecule has 3 aliphatic rings. The molecule has 2 aliphatic heterocycles. The van der Waals surface area contributed by atoms with Crippen molar-refractivity contribution in [3.63, 3.8) is 0 Å². The molecule has 0 saturated carbocycles. The van der Waals surface area contributed by atoms with Crippen LogP contribution in [0.3, 0.4) is 0 Å². The molecule has 2 aromatic rings. The summed E-state index contributed by atoms with van der Waals surface area (Å²) in [6.07, 6.45) is 5.66. The van der Waals surface area contributed by atoms with Crippen molar-refractivity contribution in [2.45, 2.75) is 71.0 Å². The van der Waals surface area contributed by atoms with Crippen molar-refractivity contribution >= 4 is 35.5 Å². The fourth-order valence-electron chi connectivity index (χ4n) is 4.78. The summed E-state index contributed by atoms with van der Waals surface area (Å²) in [4.78, 5) is 17.7. The van der Waals surface area contributed by atoms with E-state index in [4.69, 9.17) is 9.31 Å². The summed E-state index contributed by atoms with van der Waals surface area (Å²) in [5.41, 5.74) is 4.53. The molecule has 6 heteroatoms. The molecule has 1 aromatic heterocycles. The second-order valence-electron chi connectivity index (χ2n) is 9.66. The van der Waals surface area contributed by atoms with Crippen LogP contribution < -0.4 is 10.4 Å². The predicted molar refractivity (Wildman–Crippen MR) is 123 cm³/mol. The van der Waals surface area contributed by atoms with E-state index in [2.05, 4.69) is 6.92 Å². The Morgan fingerprint density at radius 2 is 1.73 bits per heavy atom. The van der Waals surface area contributed by atoms with Crippen LogP contribution in [-0.4, -0.2) is 30.8 Å². The molecule has 5 rings (SSSR count). The van der Waals surface area contributed by atoms with Crippen molar-refractivity contribution in [1.29, 1.82) is 0 Å². The molecule has 1 aromatic carbocycles. The Labute approximate surface area is 183 Å². The second kappa shape index (κ2) is 6.94. The number of aryl methyl sites for hydroxylation is 1. The first-order chi connectivity index (χ1) is 14.2. The van der Waals surface area contributed by atoms with Gasteiger partial charge in [0.2, 0.25) is 0 Å². The van der Waals surface area contributed by atoms with Crippen molar-refractivity contribution in [3.8, 4) is 0 Å². The van der Waals surface area contributed by atoms with E-state index in [0.717, 1.165) is 40.9 Å². The summed E-state index contributed by atoms with van der Waals surface area (Å²) < 4.78 is 12.5. The van der Waals surface area contributed by atoms with Gasteiger partial charge in [0, 0.05) is 17.1 Å². The van der Waals surface area contributed by atoms with E-state index in [1.165, 1.54) is 28.8 Å². The van der Waals surface area contributed by atoms with Gasteiger partial charge in [0.15, 0.2) is 0 Å². The lowest BCUT2D eigenvalue weighted by atomic mass is 9.75. The maximum Gasteiger partial charge on any atom is 0.495 e. The fourth-order valence-corrected chi connectivity index (χ4v) is 6.17. The Balaban J connectivity index is 1.48. The molecule has 4 nitrogen and oxygen atoms in total. The van der Waals surface area contributed by atoms with Crippen LogP contribution in [-0.2, 0) is 28.6 Å². The maximum atomic E-state index is 13.5. The Hall–Kier alpha value is -1.63. The van der Waals surface area contributed by atoms with Gasteiger partial charge < -0.3 is 14.2 Å². The highest BCUT2D eigenvalue weighted by atomic mass is 32.1. The topological polar surface area (TPSA) is 38.8 Å². The number of amides is 1. The van der Waals surface area contributed by atoms with Crippen molar-refractivity contribution < 1.29 is 14.1 Å². The molecule has 0 unspecified atom stereocenters. The highest BCUT2D eigenvalue weighted by Gasteiger charge is 2.52. The predicted octanol–water partition coefficient (Wildman–Crippen LogP) is 4.31. The third-order valence-electron chi connectivity index (χ3n) is 7.29. The largest absolute Gasteiger partial charge is 0.495 e. The van der Waals surface area contributed by atoms with Gasteiger partial charge in [0.25, 0.3) is 5.91 Å². The van der Waals surface area contributed by atoms with Gasteiger partial charge in [0.05, 0.1) is 16.1 Å². The van der Waals surface area contributed by atoms with Crippen LogP contribution in [0.4, 0.5) is 5.69 Å². The lowest BCUT2D eigenvalue weighted by molar-refractivity contribution is 0.00578. The van der Waals surface area contributed by atoms with Crippen molar-refractivity contribution in [2.24, 2.45) is 0 Å². The van der Waals surface area contributed by atoms with Gasteiger partial charge in [-0.3, -0.25) is 4.79 Å². The minimum atomic E-state index is -0.480. The Kier molecular flexibility index (Phi) is 4.69. The van der Waals surface area contributed by atoms with Crippen LogP contribution in [0, 0.1) is 6.92 Å². The second-order valence-corrected chi connectivity index (χ2v) is 10.8. The molecule has 157 valence electrons. The Morgan fingerprint density at radius 3 is 2.47 bits per heavy atom. The third-order valence-corrected chi connectivity index (χ3v) is 8.61. The number of carbonyl (C=O) groups is 1. The monoisotopic (exact) mass is 422 g/mol. The van der Waals surface area contributed by atoms with E-state index in [1.54, 1.807) is 11.3 Å². The number of fused-ring (bicyclic) bond motifs is 3. The maximum absolute atomic E-state index is 13.5. The van der Waals surface area contributed by atoms with E-state index < -0.39 is 18.3 Å². The summed E-state index contributed by atoms with van der Waals surface area (Å²) in [5, 5.41) is 0. The van der Waals surface area contributed by atoms with E-state index in [1.807, 2.05) is 50.8 Å². The quantitative estimate of drug-likeness (QED) is 0.677. The average Bonchev–Trinajstić information content (AvgIpc) is 3.17. The van der Waals surface area contributed by atoms with Crippen LogP contribution in [0.2, 0.25) is 0 Å². The van der Waals surface area contributed by atoms with Gasteiger partial charge in [-0.1, -0.05) is 12.1 Å². The van der Waals surface area contributed by atoms with Crippen LogP contribution in [0.15, 0.2) is 18.2 Å². The highest BCUT2D eigenvalue weighted by molar-refractivity contribution is 7.14. The van der Waals surface area contributed by atoms with Gasteiger partial charge >= 0.3 is 7.12 Å². The molecular weight excluding hydrogens is 393 g/mol. The molecule has 0 N–H and O–H groups in total. The van der Waals surface area contributed by atoms with E-state index in [-0.39, 0.29) is 5.91 Å². The number of hydrogen-bond acceptors (Lipinski definition) is 4. The average molecular weight is 422 g/mol. The Bertz CT molecular complexity index is 1010. The number of carbonyl (C=O) groups excluding carboxylic acids is 1. The van der Waals surface area contributed by atoms with Crippen LogP contribution in [0.25, 0.3) is 0 Å². The van der Waals surface area contributed by atoms with Gasteiger partial charge in [-0.2, -0.15) is 0 Å². The molecule has 0 atom stereocenters. The number of thiophene rings is 1. The van der Waals surface area contributed by atoms with Crippen molar-refractivity contribution in [3.05, 3.63) is 51.6 Å². The van der Waals surface area contributed by atoms with Crippen LogP contribution in [0.5, 0.6) is 0 Å². The van der Waals surface area contributed by atoms with Gasteiger partial charge in [-0.05, 0) is 94.9 Å². The molecule has 1 amide bonds. The first-order valence-electron chi connectivity index (χ1n) is 11.0. The Morgan fingerprint density at radius 1 is 1.03 bits per heavy atom. The van der Waals surface area contributed by atoms with Gasteiger partial charge in [0.1, 0.15) is 0 Å². The SMILES string of the molecule is [CH2]c1c(B2OC(C)(C)C(C)(C)O2)cccc1N1CCc2c(sc3c2CCCC3)C1=O. The molecule has 1 radical (unpaired) electrons. The van der Waals surface area contributed by atoms with E-state index >= 15 is 0 Å². The van der Waals surface area contributed by atoms with E-state index in [0.29, 0.717) is 6.54 Å². The molecule has 1 aliphatic carbocycles. The summed E-state index contributed by atoms with van der Waals surface area (Å²) in [6, 6.07) is 5.97. The summed E-state index contributed by atoms with van der Waals surface area (Å²) in [6.45, 7) is 13.2. The zero-order valence-electron chi connectivity index (χ0n) is 18.3. The standard InChI is InChI=1S/C24H29BNO3S/c1-15-18(25-28-23(2,3)24(4,5)29-25)10-8-11-19(15)26-14-13-17-16-9-6-7-12-20(16)30-21(17)22(26)27/h8,10-11H,1,6-7,9,12-14H2,2-5H3. The molecule has 0 bridgehead atoms. The number of anilines is 1. The zero-order valence-corrected chi connectivity index (χ0v) is 19.2. The number of benzene rings is 1. The number of nitrogens with zero attached hydrogens (tertiary/aromatic N) is 1. The minimum Gasteiger partial charge on any atom is -0.399 e. The summed E-state index contributed by atoms with van der Waals surface area (Å²) in [5.74, 6) is 0.117. The summed E-state index contributed by atoms with van der Waals surface area (Å²) >= 11 is 1.72. The zero-order chi connectivity index (χ0) is 21.3. The van der Waals surface area contributed by atoms with Gasteiger partial charge in [-0.15, -0.1) is 11.3 Å². The van der Waals surface area contributed by atoms with Crippen molar-refractivity contribution in [2.75, 3.05) is 11.4 Å². The first kappa shape index (κ1) is 20.3. The molecule has 1 saturated heterocycles. The van der Waals surface area contributed by atoms with Gasteiger partial charge in [-0.25, -0.2) is 0 Å². The minimum absolute atomic E-state index is 0.117. The molecule has 3 heterocycles. The third kappa shape index (κ3) is 2.99. The molecule has 1 fully saturated rings. The van der Waals surface area contributed by atoms with E-state index in [9.17, 15) is 4.79 Å².